The average molecular weight is 299 g/mol. The zero-order chi connectivity index (χ0) is 14.9. The Labute approximate surface area is 120 Å². The molecule has 0 bridgehead atoms. The maximum Gasteiger partial charge on any atom is 0.407 e. The summed E-state index contributed by atoms with van der Waals surface area (Å²) in [6.45, 7) is 6.54. The van der Waals surface area contributed by atoms with Gasteiger partial charge in [-0.25, -0.2) is 9.59 Å². The van der Waals surface area contributed by atoms with Gasteiger partial charge in [0, 0.05) is 4.88 Å². The molecule has 1 atom stereocenters. The number of amides is 1. The highest BCUT2D eigenvalue weighted by atomic mass is 32.1. The first-order valence-electron chi connectivity index (χ1n) is 6.22. The Morgan fingerprint density at radius 3 is 2.80 bits per heavy atom. The van der Waals surface area contributed by atoms with E-state index >= 15 is 0 Å². The second-order valence-electron chi connectivity index (χ2n) is 5.58. The van der Waals surface area contributed by atoms with Crippen LogP contribution in [0.15, 0.2) is 6.07 Å². The lowest BCUT2D eigenvalue weighted by Crippen LogP contribution is -2.22. The van der Waals surface area contributed by atoms with E-state index in [2.05, 4.69) is 5.32 Å². The number of carbonyl (C=O) groups is 2. The van der Waals surface area contributed by atoms with Crippen molar-refractivity contribution in [2.75, 3.05) is 13.2 Å². The molecule has 1 saturated heterocycles. The fourth-order valence-corrected chi connectivity index (χ4v) is 2.71. The van der Waals surface area contributed by atoms with Crippen LogP contribution in [0.3, 0.4) is 0 Å². The molecule has 1 aliphatic heterocycles. The minimum atomic E-state index is -1.01. The van der Waals surface area contributed by atoms with Crippen molar-refractivity contribution in [2.24, 2.45) is 0 Å². The second kappa shape index (κ2) is 5.32. The van der Waals surface area contributed by atoms with Gasteiger partial charge in [0.05, 0.1) is 6.54 Å². The van der Waals surface area contributed by atoms with Crippen molar-refractivity contribution in [3.05, 3.63) is 15.8 Å². The molecular weight excluding hydrogens is 282 g/mol. The van der Waals surface area contributed by atoms with Gasteiger partial charge in [-0.05, 0) is 11.5 Å². The zero-order valence-corrected chi connectivity index (χ0v) is 12.4. The van der Waals surface area contributed by atoms with Gasteiger partial charge in [0.1, 0.15) is 12.4 Å². The first kappa shape index (κ1) is 14.6. The Balaban J connectivity index is 2.11. The molecule has 2 heterocycles. The van der Waals surface area contributed by atoms with Crippen LogP contribution in [0.5, 0.6) is 5.75 Å². The summed E-state index contributed by atoms with van der Waals surface area (Å²) in [6, 6.07) is 1.75. The quantitative estimate of drug-likeness (QED) is 0.890. The van der Waals surface area contributed by atoms with Crippen LogP contribution in [0.4, 0.5) is 4.79 Å². The van der Waals surface area contributed by atoms with E-state index in [1.807, 2.05) is 20.8 Å². The molecule has 7 heteroatoms. The number of rotatable bonds is 4. The number of aromatic carboxylic acids is 1. The summed E-state index contributed by atoms with van der Waals surface area (Å²) in [6.07, 6.45) is -0.861. The molecule has 2 rings (SSSR count). The largest absolute Gasteiger partial charge is 0.488 e. The fraction of sp³-hybridized carbons (Fsp3) is 0.538. The SMILES string of the molecule is CC(C)(C)c1cc(OCC2CNC(=O)O2)c(C(=O)O)s1. The molecule has 1 amide bonds. The molecule has 2 N–H and O–H groups in total. The van der Waals surface area contributed by atoms with Crippen molar-refractivity contribution in [2.45, 2.75) is 32.3 Å². The van der Waals surface area contributed by atoms with Crippen molar-refractivity contribution in [1.82, 2.24) is 5.32 Å². The molecule has 0 spiro atoms. The van der Waals surface area contributed by atoms with Crippen LogP contribution < -0.4 is 10.1 Å². The Kier molecular flexibility index (Phi) is 3.89. The van der Waals surface area contributed by atoms with Gasteiger partial charge >= 0.3 is 12.1 Å². The number of carboxylic acid groups (broad SMARTS) is 1. The first-order valence-corrected chi connectivity index (χ1v) is 7.04. The molecule has 6 nitrogen and oxygen atoms in total. The molecule has 0 radical (unpaired) electrons. The van der Waals surface area contributed by atoms with Crippen LogP contribution in [-0.4, -0.2) is 36.4 Å². The second-order valence-corrected chi connectivity index (χ2v) is 6.63. The van der Waals surface area contributed by atoms with E-state index in [4.69, 9.17) is 9.47 Å². The Morgan fingerprint density at radius 2 is 2.30 bits per heavy atom. The van der Waals surface area contributed by atoms with Crippen LogP contribution in [0.1, 0.15) is 35.3 Å². The molecule has 1 aromatic heterocycles. The maximum absolute atomic E-state index is 11.2. The number of thiophene rings is 1. The van der Waals surface area contributed by atoms with Crippen molar-refractivity contribution >= 4 is 23.4 Å². The number of cyclic esters (lactones) is 1. The number of alkyl carbamates (subject to hydrolysis) is 1. The van der Waals surface area contributed by atoms with Crippen molar-refractivity contribution in [1.29, 1.82) is 0 Å². The highest BCUT2D eigenvalue weighted by Crippen LogP contribution is 2.36. The van der Waals surface area contributed by atoms with Crippen LogP contribution in [0.25, 0.3) is 0 Å². The Hall–Kier alpha value is -1.76. The molecule has 1 fully saturated rings. The van der Waals surface area contributed by atoms with E-state index < -0.39 is 12.1 Å². The predicted octanol–water partition coefficient (Wildman–Crippen LogP) is 2.23. The van der Waals surface area contributed by atoms with Gasteiger partial charge in [0.2, 0.25) is 0 Å². The number of hydrogen-bond donors (Lipinski definition) is 2. The number of hydrogen-bond acceptors (Lipinski definition) is 5. The summed E-state index contributed by atoms with van der Waals surface area (Å²) >= 11 is 1.21. The summed E-state index contributed by atoms with van der Waals surface area (Å²) < 4.78 is 10.5. The fourth-order valence-electron chi connectivity index (χ4n) is 1.71. The lowest BCUT2D eigenvalue weighted by atomic mass is 9.95. The van der Waals surface area contributed by atoms with E-state index in [9.17, 15) is 14.7 Å². The molecule has 1 aliphatic rings. The molecule has 1 unspecified atom stereocenters. The molecular formula is C13H17NO5S. The first-order chi connectivity index (χ1) is 9.27. The van der Waals surface area contributed by atoms with Gasteiger partial charge < -0.3 is 19.9 Å². The normalized spacial score (nSPS) is 18.6. The minimum Gasteiger partial charge on any atom is -0.488 e. The smallest absolute Gasteiger partial charge is 0.407 e. The van der Waals surface area contributed by atoms with Gasteiger partial charge in [-0.1, -0.05) is 20.8 Å². The van der Waals surface area contributed by atoms with E-state index in [0.29, 0.717) is 12.3 Å². The van der Waals surface area contributed by atoms with Crippen LogP contribution >= 0.6 is 11.3 Å². The number of carbonyl (C=O) groups excluding carboxylic acids is 1. The van der Waals surface area contributed by atoms with Gasteiger partial charge in [-0.15, -0.1) is 11.3 Å². The predicted molar refractivity (Wildman–Crippen MR) is 73.7 cm³/mol. The lowest BCUT2D eigenvalue weighted by Gasteiger charge is -2.15. The van der Waals surface area contributed by atoms with Crippen molar-refractivity contribution < 1.29 is 24.2 Å². The van der Waals surface area contributed by atoms with Crippen molar-refractivity contribution in [3.8, 4) is 5.75 Å². The third-order valence-corrected chi connectivity index (χ3v) is 4.33. The van der Waals surface area contributed by atoms with Crippen molar-refractivity contribution in [3.63, 3.8) is 0 Å². The standard InChI is InChI=1S/C13H17NO5S/c1-13(2,3)9-4-8(10(20-9)11(15)16)18-6-7-5-14-12(17)19-7/h4,7H,5-6H2,1-3H3,(H,14,17)(H,15,16). The van der Waals surface area contributed by atoms with E-state index in [-0.39, 0.29) is 23.0 Å². The highest BCUT2D eigenvalue weighted by molar-refractivity contribution is 7.14. The van der Waals surface area contributed by atoms with E-state index in [1.165, 1.54) is 11.3 Å². The summed E-state index contributed by atoms with van der Waals surface area (Å²) in [5.41, 5.74) is -0.141. The topological polar surface area (TPSA) is 84.9 Å². The minimum absolute atomic E-state index is 0.138. The summed E-state index contributed by atoms with van der Waals surface area (Å²) in [7, 11) is 0. The Bertz CT molecular complexity index is 531. The van der Waals surface area contributed by atoms with Crippen LogP contribution in [0, 0.1) is 0 Å². The molecule has 0 aromatic carbocycles. The highest BCUT2D eigenvalue weighted by Gasteiger charge is 2.26. The monoisotopic (exact) mass is 299 g/mol. The van der Waals surface area contributed by atoms with Crippen LogP contribution in [-0.2, 0) is 10.2 Å². The van der Waals surface area contributed by atoms with Gasteiger partial charge in [-0.2, -0.15) is 0 Å². The number of nitrogens with one attached hydrogen (secondary N) is 1. The molecule has 0 aliphatic carbocycles. The number of carboxylic acids is 1. The third kappa shape index (κ3) is 3.22. The van der Waals surface area contributed by atoms with E-state index in [0.717, 1.165) is 4.88 Å². The summed E-state index contributed by atoms with van der Waals surface area (Å²) in [5.74, 6) is -0.683. The Morgan fingerprint density at radius 1 is 1.60 bits per heavy atom. The number of ether oxygens (including phenoxy) is 2. The van der Waals surface area contributed by atoms with Gasteiger partial charge in [0.25, 0.3) is 0 Å². The summed E-state index contributed by atoms with van der Waals surface area (Å²) in [4.78, 5) is 23.2. The lowest BCUT2D eigenvalue weighted by molar-refractivity contribution is 0.0690. The molecule has 110 valence electrons. The van der Waals surface area contributed by atoms with Gasteiger partial charge in [0.15, 0.2) is 11.0 Å². The summed E-state index contributed by atoms with van der Waals surface area (Å²) in [5, 5.41) is 11.7. The zero-order valence-electron chi connectivity index (χ0n) is 11.6. The van der Waals surface area contributed by atoms with Gasteiger partial charge in [-0.3, -0.25) is 0 Å². The maximum atomic E-state index is 11.2. The van der Waals surface area contributed by atoms with Crippen LogP contribution in [0.2, 0.25) is 0 Å². The average Bonchev–Trinajstić information content (AvgIpc) is 2.91. The molecule has 20 heavy (non-hydrogen) atoms. The third-order valence-electron chi connectivity index (χ3n) is 2.80. The molecule has 1 aromatic rings. The van der Waals surface area contributed by atoms with E-state index in [1.54, 1.807) is 6.07 Å². The molecule has 0 saturated carbocycles.